The van der Waals surface area contributed by atoms with Crippen LogP contribution in [0.25, 0.3) is 17.0 Å². The van der Waals surface area contributed by atoms with Gasteiger partial charge in [0, 0.05) is 23.3 Å². The van der Waals surface area contributed by atoms with Crippen LogP contribution >= 0.6 is 0 Å². The second-order valence-corrected chi connectivity index (χ2v) is 18.3. The third-order valence-electron chi connectivity index (χ3n) is 11.2. The fraction of sp³-hybridized carbons (Fsp3) is 0.575. The molecule has 13 nitrogen and oxygen atoms in total. The van der Waals surface area contributed by atoms with E-state index in [0.717, 1.165) is 48.6 Å². The molecule has 54 heavy (non-hydrogen) atoms. The maximum absolute atomic E-state index is 14.6. The number of pyridine rings is 1. The smallest absolute Gasteiger partial charge is 0.407 e. The highest BCUT2D eigenvalue weighted by atomic mass is 32.2. The van der Waals surface area contributed by atoms with E-state index in [0.29, 0.717) is 38.0 Å². The van der Waals surface area contributed by atoms with Gasteiger partial charge in [0.25, 0.3) is 5.91 Å². The number of hydrogen-bond donors (Lipinski definition) is 3. The molecule has 2 saturated carbocycles. The van der Waals surface area contributed by atoms with E-state index < -0.39 is 68.7 Å². The van der Waals surface area contributed by atoms with Crippen molar-refractivity contribution in [2.45, 2.75) is 120 Å². The van der Waals surface area contributed by atoms with E-state index in [1.165, 1.54) is 4.90 Å². The lowest BCUT2D eigenvalue weighted by Gasteiger charge is -2.30. The van der Waals surface area contributed by atoms with Crippen molar-refractivity contribution in [3.8, 4) is 5.88 Å². The number of carbonyl (C=O) groups is 4. The first-order chi connectivity index (χ1) is 25.8. The first-order valence-corrected chi connectivity index (χ1v) is 20.9. The number of rotatable bonds is 3. The molecule has 7 rings (SSSR count). The lowest BCUT2D eigenvalue weighted by Crippen LogP contribution is -2.58. The molecular formula is C40H51N5O8S. The Labute approximate surface area is 316 Å². The van der Waals surface area contributed by atoms with Crippen LogP contribution in [0.4, 0.5) is 4.79 Å². The Morgan fingerprint density at radius 3 is 2.63 bits per heavy atom. The largest absolute Gasteiger partial charge is 0.472 e. The number of fused-ring (bicyclic) bond motifs is 5. The first-order valence-electron chi connectivity index (χ1n) is 19.4. The van der Waals surface area contributed by atoms with E-state index in [1.807, 2.05) is 62.4 Å². The van der Waals surface area contributed by atoms with Gasteiger partial charge >= 0.3 is 6.09 Å². The average Bonchev–Trinajstić information content (AvgIpc) is 4.06. The van der Waals surface area contributed by atoms with Crippen LogP contribution in [0.1, 0.15) is 96.5 Å². The standard InChI is InChI=1S/C40H51N5O8S/c1-39(2)20-12-6-7-14-27-21-26-13-10-11-16-31(26)41-35(27)53-29-22-33-34(46)43-40(37(48)44-54(50,51)30-18-19-30)23-28(40)15-8-4-3-5-9-17-32(36(47)45(33)24-29)42-38(49)52-25-39/h7-8,10-11,13-16,21,28-30,32-33H,3-6,9,12,17-20,22-25H2,1-2H3,(H,42,49)(H,43,46)(H,44,48)/b14-7+,15-8-/t28-,29-,32+,33+,40-/m1/s1. The van der Waals surface area contributed by atoms with Gasteiger partial charge in [-0.15, -0.1) is 0 Å². The molecule has 14 heteroatoms. The molecule has 3 bridgehead atoms. The predicted molar refractivity (Wildman–Crippen MR) is 203 cm³/mol. The monoisotopic (exact) mass is 761 g/mol. The minimum absolute atomic E-state index is 0.0213. The summed E-state index contributed by atoms with van der Waals surface area (Å²) < 4.78 is 40.2. The molecule has 3 aliphatic heterocycles. The van der Waals surface area contributed by atoms with Crippen molar-refractivity contribution in [2.75, 3.05) is 13.2 Å². The maximum atomic E-state index is 14.6. The number of benzene rings is 1. The number of alkyl carbamates (subject to hydrolysis) is 1. The molecular weight excluding hydrogens is 711 g/mol. The summed E-state index contributed by atoms with van der Waals surface area (Å²) in [5, 5.41) is 6.04. The van der Waals surface area contributed by atoms with Gasteiger partial charge in [0.1, 0.15) is 23.7 Å². The van der Waals surface area contributed by atoms with Gasteiger partial charge in [-0.1, -0.05) is 69.2 Å². The van der Waals surface area contributed by atoms with Crippen LogP contribution in [0, 0.1) is 11.3 Å². The van der Waals surface area contributed by atoms with Gasteiger partial charge in [-0.2, -0.15) is 0 Å². The topological polar surface area (TPSA) is 173 Å². The van der Waals surface area contributed by atoms with Gasteiger partial charge < -0.3 is 25.0 Å². The van der Waals surface area contributed by atoms with Crippen molar-refractivity contribution in [3.63, 3.8) is 0 Å². The highest BCUT2D eigenvalue weighted by Gasteiger charge is 2.62. The van der Waals surface area contributed by atoms with Gasteiger partial charge in [0.2, 0.25) is 27.7 Å². The van der Waals surface area contributed by atoms with Crippen molar-refractivity contribution < 1.29 is 37.1 Å². The minimum Gasteiger partial charge on any atom is -0.472 e. The molecule has 5 atom stereocenters. The van der Waals surface area contributed by atoms with E-state index in [-0.39, 0.29) is 31.4 Å². The van der Waals surface area contributed by atoms with Crippen LogP contribution < -0.4 is 20.1 Å². The number of carbonyl (C=O) groups excluding carboxylic acids is 4. The zero-order valence-electron chi connectivity index (χ0n) is 31.1. The third-order valence-corrected chi connectivity index (χ3v) is 13.1. The number of allylic oxidation sites excluding steroid dienone is 2. The summed E-state index contributed by atoms with van der Waals surface area (Å²) in [6, 6.07) is 7.69. The van der Waals surface area contributed by atoms with E-state index >= 15 is 0 Å². The zero-order valence-corrected chi connectivity index (χ0v) is 31.9. The van der Waals surface area contributed by atoms with Gasteiger partial charge in [0.05, 0.1) is 23.9 Å². The predicted octanol–water partition coefficient (Wildman–Crippen LogP) is 4.90. The normalized spacial score (nSPS) is 30.7. The van der Waals surface area contributed by atoms with Crippen LogP contribution in [0.2, 0.25) is 0 Å². The number of hydrogen-bond acceptors (Lipinski definition) is 9. The summed E-state index contributed by atoms with van der Waals surface area (Å²) in [4.78, 5) is 62.2. The fourth-order valence-electron chi connectivity index (χ4n) is 7.76. The van der Waals surface area contributed by atoms with Crippen molar-refractivity contribution in [1.82, 2.24) is 25.2 Å². The molecule has 4 amide bonds. The molecule has 0 spiro atoms. The number of nitrogens with zero attached hydrogens (tertiary/aromatic N) is 2. The summed E-state index contributed by atoms with van der Waals surface area (Å²) in [6.07, 6.45) is 13.5. The summed E-state index contributed by atoms with van der Waals surface area (Å²) in [7, 11) is -3.88. The number of para-hydroxylation sites is 1. The number of sulfonamides is 1. The molecule has 0 unspecified atom stereocenters. The highest BCUT2D eigenvalue weighted by Crippen LogP contribution is 2.46. The first kappa shape index (κ1) is 37.8. The molecule has 290 valence electrons. The second-order valence-electron chi connectivity index (χ2n) is 16.3. The lowest BCUT2D eigenvalue weighted by atomic mass is 9.88. The fourth-order valence-corrected chi connectivity index (χ4v) is 9.12. The summed E-state index contributed by atoms with van der Waals surface area (Å²) in [5.74, 6) is -1.87. The maximum Gasteiger partial charge on any atom is 0.407 e. The van der Waals surface area contributed by atoms with Crippen LogP contribution in [-0.4, -0.2) is 84.2 Å². The number of nitrogens with one attached hydrogen (secondary N) is 3. The molecule has 5 aliphatic rings. The molecule has 2 aliphatic carbocycles. The van der Waals surface area contributed by atoms with Gasteiger partial charge in [-0.05, 0) is 75.3 Å². The molecule has 1 saturated heterocycles. The van der Waals surface area contributed by atoms with Crippen molar-refractivity contribution >= 4 is 50.8 Å². The Morgan fingerprint density at radius 2 is 1.81 bits per heavy atom. The molecule has 3 N–H and O–H groups in total. The number of amides is 4. The Hall–Kier alpha value is -4.46. The third kappa shape index (κ3) is 8.58. The van der Waals surface area contributed by atoms with E-state index in [4.69, 9.17) is 14.5 Å². The molecule has 2 aromatic rings. The summed E-state index contributed by atoms with van der Waals surface area (Å²) in [5.41, 5.74) is -0.286. The van der Waals surface area contributed by atoms with Crippen molar-refractivity contribution in [1.29, 1.82) is 0 Å². The highest BCUT2D eigenvalue weighted by molar-refractivity contribution is 7.91. The molecule has 1 aromatic carbocycles. The molecule has 0 radical (unpaired) electrons. The van der Waals surface area contributed by atoms with E-state index in [9.17, 15) is 27.6 Å². The minimum atomic E-state index is -3.88. The zero-order chi connectivity index (χ0) is 38.1. The number of ether oxygens (including phenoxy) is 2. The van der Waals surface area contributed by atoms with E-state index in [2.05, 4.69) is 21.4 Å². The molecule has 4 heterocycles. The number of cyclic esters (lactones) is 1. The second kappa shape index (κ2) is 15.3. The van der Waals surface area contributed by atoms with Gasteiger partial charge in [-0.25, -0.2) is 18.2 Å². The SMILES string of the molecule is CC1(C)CCC/C=C/c2cc3ccccc3nc2O[C@@H]2C[C@H]3C(=O)N[C@]4(C(=O)NS(=O)(=O)C5CC5)C[C@H]4/C=C\CCCCC[C@H](NC(=O)OC1)C(=O)N3C2. The molecule has 1 aromatic heterocycles. The van der Waals surface area contributed by atoms with Crippen LogP contribution in [-0.2, 0) is 29.1 Å². The van der Waals surface area contributed by atoms with Crippen molar-refractivity contribution in [2.24, 2.45) is 11.3 Å². The van der Waals surface area contributed by atoms with Crippen LogP contribution in [0.15, 0.2) is 48.6 Å². The number of aromatic nitrogens is 1. The summed E-state index contributed by atoms with van der Waals surface area (Å²) >= 11 is 0. The quantitative estimate of drug-likeness (QED) is 0.368. The Kier molecular flexibility index (Phi) is 10.8. The van der Waals surface area contributed by atoms with Gasteiger partial charge in [0.15, 0.2) is 0 Å². The molecule has 3 fully saturated rings. The average molecular weight is 762 g/mol. The van der Waals surface area contributed by atoms with Crippen LogP contribution in [0.3, 0.4) is 0 Å². The van der Waals surface area contributed by atoms with E-state index in [1.54, 1.807) is 0 Å². The summed E-state index contributed by atoms with van der Waals surface area (Å²) in [6.45, 7) is 4.27. The van der Waals surface area contributed by atoms with Gasteiger partial charge in [-0.3, -0.25) is 19.1 Å². The van der Waals surface area contributed by atoms with Crippen LogP contribution in [0.5, 0.6) is 5.88 Å². The van der Waals surface area contributed by atoms with Crippen molar-refractivity contribution in [3.05, 3.63) is 54.1 Å². The Balaban J connectivity index is 1.24. The Bertz CT molecular complexity index is 1960. The Morgan fingerprint density at radius 1 is 1.02 bits per heavy atom. The lowest BCUT2D eigenvalue weighted by molar-refractivity contribution is -0.141.